The minimum atomic E-state index is -0.428. The van der Waals surface area contributed by atoms with Gasteiger partial charge in [-0.05, 0) is 18.2 Å². The van der Waals surface area contributed by atoms with Crippen molar-refractivity contribution < 1.29 is 14.0 Å². The Morgan fingerprint density at radius 1 is 1.13 bits per heavy atom. The number of halogens is 2. The smallest absolute Gasteiger partial charge is 0.253 e. The van der Waals surface area contributed by atoms with Crippen molar-refractivity contribution in [3.8, 4) is 0 Å². The number of hydrogen-bond acceptors (Lipinski definition) is 2. The second kappa shape index (κ2) is 7.74. The predicted octanol–water partition coefficient (Wildman–Crippen LogP) is 2.87. The number of benzene rings is 2. The molecule has 2 aromatic carbocycles. The number of nitrogens with zero attached hydrogens (tertiary/aromatic N) is 1. The van der Waals surface area contributed by atoms with E-state index in [1.54, 1.807) is 49.5 Å². The lowest BCUT2D eigenvalue weighted by Crippen LogP contribution is -2.38. The molecule has 0 saturated carbocycles. The van der Waals surface area contributed by atoms with Gasteiger partial charge in [0.15, 0.2) is 0 Å². The maximum absolute atomic E-state index is 13.6. The Labute approximate surface area is 138 Å². The Hall–Kier alpha value is -2.40. The summed E-state index contributed by atoms with van der Waals surface area (Å²) in [7, 11) is 1.55. The molecular formula is C17H16ClFN2O2. The molecule has 0 fully saturated rings. The number of rotatable bonds is 5. The number of nitrogens with one attached hydrogen (secondary N) is 1. The van der Waals surface area contributed by atoms with Crippen molar-refractivity contribution in [1.29, 1.82) is 0 Å². The lowest BCUT2D eigenvalue weighted by atomic mass is 10.2. The van der Waals surface area contributed by atoms with Crippen molar-refractivity contribution in [1.82, 2.24) is 10.2 Å². The van der Waals surface area contributed by atoms with Crippen LogP contribution in [0.3, 0.4) is 0 Å². The molecule has 4 nitrogen and oxygen atoms in total. The van der Waals surface area contributed by atoms with Crippen LogP contribution in [0.25, 0.3) is 0 Å². The number of carbonyl (C=O) groups is 2. The van der Waals surface area contributed by atoms with Crippen molar-refractivity contribution in [2.24, 2.45) is 0 Å². The first kappa shape index (κ1) is 17.0. The van der Waals surface area contributed by atoms with E-state index in [2.05, 4.69) is 5.32 Å². The number of amides is 2. The van der Waals surface area contributed by atoms with Crippen LogP contribution in [-0.2, 0) is 11.3 Å². The third-order valence-electron chi connectivity index (χ3n) is 3.31. The van der Waals surface area contributed by atoms with Gasteiger partial charge in [-0.2, -0.15) is 0 Å². The Kier molecular flexibility index (Phi) is 5.71. The van der Waals surface area contributed by atoms with E-state index in [-0.39, 0.29) is 24.8 Å². The Morgan fingerprint density at radius 3 is 2.48 bits per heavy atom. The lowest BCUT2D eigenvalue weighted by Gasteiger charge is -2.18. The summed E-state index contributed by atoms with van der Waals surface area (Å²) in [6, 6.07) is 12.8. The molecule has 0 atom stereocenters. The average Bonchev–Trinajstić information content (AvgIpc) is 2.54. The van der Waals surface area contributed by atoms with E-state index in [4.69, 9.17) is 11.6 Å². The molecule has 2 aromatic rings. The molecule has 0 saturated heterocycles. The summed E-state index contributed by atoms with van der Waals surface area (Å²) in [5.74, 6) is -1.12. The van der Waals surface area contributed by atoms with Gasteiger partial charge in [-0.1, -0.05) is 41.9 Å². The van der Waals surface area contributed by atoms with Crippen LogP contribution >= 0.6 is 11.6 Å². The lowest BCUT2D eigenvalue weighted by molar-refractivity contribution is -0.129. The molecule has 0 radical (unpaired) electrons. The van der Waals surface area contributed by atoms with Crippen molar-refractivity contribution in [3.63, 3.8) is 0 Å². The van der Waals surface area contributed by atoms with E-state index in [9.17, 15) is 14.0 Å². The van der Waals surface area contributed by atoms with E-state index in [1.807, 2.05) is 0 Å². The molecule has 0 aliphatic carbocycles. The normalized spacial score (nSPS) is 10.2. The van der Waals surface area contributed by atoms with Gasteiger partial charge < -0.3 is 10.2 Å². The third-order valence-corrected chi connectivity index (χ3v) is 3.64. The highest BCUT2D eigenvalue weighted by Crippen LogP contribution is 2.14. The molecular weight excluding hydrogens is 319 g/mol. The van der Waals surface area contributed by atoms with Crippen LogP contribution in [0.1, 0.15) is 15.9 Å². The van der Waals surface area contributed by atoms with Crippen molar-refractivity contribution in [2.75, 3.05) is 13.6 Å². The minimum Gasteiger partial charge on any atom is -0.343 e. The second-order valence-corrected chi connectivity index (χ2v) is 5.41. The zero-order chi connectivity index (χ0) is 16.8. The highest BCUT2D eigenvalue weighted by atomic mass is 35.5. The number of likely N-dealkylation sites (N-methyl/N-ethyl adjacent to an activating group) is 1. The van der Waals surface area contributed by atoms with Crippen LogP contribution in [0.15, 0.2) is 48.5 Å². The quantitative estimate of drug-likeness (QED) is 0.914. The van der Waals surface area contributed by atoms with Gasteiger partial charge in [0.1, 0.15) is 5.82 Å². The first-order valence-electron chi connectivity index (χ1n) is 6.99. The zero-order valence-corrected chi connectivity index (χ0v) is 13.3. The van der Waals surface area contributed by atoms with Gasteiger partial charge in [0.2, 0.25) is 5.91 Å². The van der Waals surface area contributed by atoms with Gasteiger partial charge in [-0.25, -0.2) is 4.39 Å². The predicted molar refractivity (Wildman–Crippen MR) is 86.7 cm³/mol. The van der Waals surface area contributed by atoms with Gasteiger partial charge in [-0.3, -0.25) is 9.59 Å². The Bertz CT molecular complexity index is 721. The van der Waals surface area contributed by atoms with E-state index >= 15 is 0 Å². The first-order chi connectivity index (χ1) is 11.0. The average molecular weight is 335 g/mol. The molecule has 0 heterocycles. The summed E-state index contributed by atoms with van der Waals surface area (Å²) < 4.78 is 13.6. The Balaban J connectivity index is 1.91. The summed E-state index contributed by atoms with van der Waals surface area (Å²) >= 11 is 5.92. The van der Waals surface area contributed by atoms with Crippen LogP contribution in [0.4, 0.5) is 4.39 Å². The van der Waals surface area contributed by atoms with E-state index in [0.29, 0.717) is 16.1 Å². The molecule has 1 N–H and O–H groups in total. The third kappa shape index (κ3) is 4.53. The molecule has 23 heavy (non-hydrogen) atoms. The van der Waals surface area contributed by atoms with Crippen LogP contribution in [0.5, 0.6) is 0 Å². The molecule has 2 rings (SSSR count). The molecule has 2 amide bonds. The van der Waals surface area contributed by atoms with Crippen LogP contribution in [0, 0.1) is 5.82 Å². The molecule has 0 aliphatic heterocycles. The van der Waals surface area contributed by atoms with E-state index < -0.39 is 5.91 Å². The van der Waals surface area contributed by atoms with Crippen LogP contribution in [0.2, 0.25) is 5.02 Å². The van der Waals surface area contributed by atoms with Crippen LogP contribution in [-0.4, -0.2) is 30.3 Å². The number of hydrogen-bond donors (Lipinski definition) is 1. The highest BCUT2D eigenvalue weighted by molar-refractivity contribution is 6.33. The fraction of sp³-hybridized carbons (Fsp3) is 0.176. The summed E-state index contributed by atoms with van der Waals surface area (Å²) in [6.07, 6.45) is 0. The highest BCUT2D eigenvalue weighted by Gasteiger charge is 2.14. The van der Waals surface area contributed by atoms with E-state index in [0.717, 1.165) is 0 Å². The molecule has 6 heteroatoms. The van der Waals surface area contributed by atoms with Gasteiger partial charge in [0.05, 0.1) is 17.1 Å². The largest absolute Gasteiger partial charge is 0.343 e. The first-order valence-corrected chi connectivity index (χ1v) is 7.37. The van der Waals surface area contributed by atoms with Crippen LogP contribution < -0.4 is 5.32 Å². The van der Waals surface area contributed by atoms with Crippen molar-refractivity contribution >= 4 is 23.4 Å². The number of carbonyl (C=O) groups excluding carboxylic acids is 2. The maximum atomic E-state index is 13.6. The minimum absolute atomic E-state index is 0.132. The Morgan fingerprint density at radius 2 is 1.78 bits per heavy atom. The summed E-state index contributed by atoms with van der Waals surface area (Å²) in [5.41, 5.74) is 0.722. The monoisotopic (exact) mass is 334 g/mol. The molecule has 120 valence electrons. The summed E-state index contributed by atoms with van der Waals surface area (Å²) in [4.78, 5) is 25.4. The SMILES string of the molecule is CN(Cc1ccccc1F)C(=O)CNC(=O)c1ccccc1Cl. The van der Waals surface area contributed by atoms with Gasteiger partial charge >= 0.3 is 0 Å². The van der Waals surface area contributed by atoms with Crippen molar-refractivity contribution in [2.45, 2.75) is 6.54 Å². The maximum Gasteiger partial charge on any atom is 0.253 e. The van der Waals surface area contributed by atoms with E-state index in [1.165, 1.54) is 11.0 Å². The van der Waals surface area contributed by atoms with Gasteiger partial charge in [0, 0.05) is 19.2 Å². The van der Waals surface area contributed by atoms with Gasteiger partial charge in [0.25, 0.3) is 5.91 Å². The van der Waals surface area contributed by atoms with Gasteiger partial charge in [-0.15, -0.1) is 0 Å². The fourth-order valence-electron chi connectivity index (χ4n) is 2.00. The molecule has 0 bridgehead atoms. The molecule has 0 spiro atoms. The summed E-state index contributed by atoms with van der Waals surface area (Å²) in [5, 5.41) is 2.83. The fourth-order valence-corrected chi connectivity index (χ4v) is 2.22. The topological polar surface area (TPSA) is 49.4 Å². The standard InChI is InChI=1S/C17H16ClFN2O2/c1-21(11-12-6-2-5-9-15(12)19)16(22)10-20-17(23)13-7-3-4-8-14(13)18/h2-9H,10-11H2,1H3,(H,20,23). The zero-order valence-electron chi connectivity index (χ0n) is 12.6. The molecule has 0 aliphatic rings. The second-order valence-electron chi connectivity index (χ2n) is 5.00. The van der Waals surface area contributed by atoms with Crippen molar-refractivity contribution in [3.05, 3.63) is 70.5 Å². The summed E-state index contributed by atoms with van der Waals surface area (Å²) in [6.45, 7) is -0.0531. The molecule has 0 aromatic heterocycles. The molecule has 0 unspecified atom stereocenters.